The van der Waals surface area contributed by atoms with Crippen LogP contribution in [0.2, 0.25) is 0 Å². The molecule has 2 aromatic carbocycles. The molecule has 0 bridgehead atoms. The molecule has 0 aromatic heterocycles. The standard InChI is InChI=1S/C21H22O9/c22-9-15-17(24)18(25)19(26)21(30-15)28-12-6-4-10(5-7-12)14-8-11-2-1-3-13(23)16(11)20(27)29-14/h1-7,14-15,17-19,21-26H,8-9H2/t14?,15-,17-,18+,19-,21-/m1/s1. The van der Waals surface area contributed by atoms with Crippen molar-refractivity contribution in [3.8, 4) is 11.5 Å². The van der Waals surface area contributed by atoms with E-state index in [-0.39, 0.29) is 11.3 Å². The van der Waals surface area contributed by atoms with Crippen molar-refractivity contribution in [1.29, 1.82) is 0 Å². The van der Waals surface area contributed by atoms with E-state index in [1.807, 2.05) is 0 Å². The monoisotopic (exact) mass is 418 g/mol. The van der Waals surface area contributed by atoms with Crippen LogP contribution in [0.25, 0.3) is 0 Å². The van der Waals surface area contributed by atoms with Crippen LogP contribution >= 0.6 is 0 Å². The second kappa shape index (κ2) is 8.21. The van der Waals surface area contributed by atoms with Crippen LogP contribution < -0.4 is 4.74 Å². The number of benzene rings is 2. The average Bonchev–Trinajstić information content (AvgIpc) is 2.74. The second-order valence-corrected chi connectivity index (χ2v) is 7.29. The number of hydrogen-bond acceptors (Lipinski definition) is 9. The molecule has 2 aliphatic heterocycles. The van der Waals surface area contributed by atoms with Crippen molar-refractivity contribution in [2.75, 3.05) is 6.61 Å². The summed E-state index contributed by atoms with van der Waals surface area (Å²) in [6.45, 7) is -0.548. The SMILES string of the molecule is O=C1OC(c2ccc(O[C@@H]3O[C@H](CO)[C@@H](O)[C@H](O)[C@H]3O)cc2)Cc2cccc(O)c21. The van der Waals surface area contributed by atoms with Gasteiger partial charge in [0.1, 0.15) is 47.6 Å². The summed E-state index contributed by atoms with van der Waals surface area (Å²) >= 11 is 0. The number of carbonyl (C=O) groups is 1. The zero-order valence-electron chi connectivity index (χ0n) is 15.8. The number of aliphatic hydroxyl groups excluding tert-OH is 4. The third kappa shape index (κ3) is 3.73. The van der Waals surface area contributed by atoms with Gasteiger partial charge in [-0.05, 0) is 29.3 Å². The van der Waals surface area contributed by atoms with Crippen LogP contribution in [0, 0.1) is 0 Å². The van der Waals surface area contributed by atoms with E-state index in [1.165, 1.54) is 6.07 Å². The molecule has 1 unspecified atom stereocenters. The van der Waals surface area contributed by atoms with Crippen LogP contribution in [-0.4, -0.2) is 68.8 Å². The Hall–Kier alpha value is -2.69. The molecule has 0 spiro atoms. The molecule has 1 fully saturated rings. The van der Waals surface area contributed by atoms with Gasteiger partial charge in [-0.15, -0.1) is 0 Å². The van der Waals surface area contributed by atoms with E-state index >= 15 is 0 Å². The zero-order chi connectivity index (χ0) is 21.4. The average molecular weight is 418 g/mol. The summed E-state index contributed by atoms with van der Waals surface area (Å²) in [7, 11) is 0. The van der Waals surface area contributed by atoms with Crippen LogP contribution in [-0.2, 0) is 15.9 Å². The van der Waals surface area contributed by atoms with Crippen molar-refractivity contribution in [3.63, 3.8) is 0 Å². The van der Waals surface area contributed by atoms with Crippen LogP contribution in [0.15, 0.2) is 42.5 Å². The highest BCUT2D eigenvalue weighted by atomic mass is 16.7. The van der Waals surface area contributed by atoms with E-state index in [4.69, 9.17) is 14.2 Å². The predicted octanol–water partition coefficient (Wildman–Crippen LogP) is 0.0251. The molecule has 5 N–H and O–H groups in total. The van der Waals surface area contributed by atoms with Gasteiger partial charge in [-0.3, -0.25) is 0 Å². The van der Waals surface area contributed by atoms with Gasteiger partial charge in [0.05, 0.1) is 6.61 Å². The summed E-state index contributed by atoms with van der Waals surface area (Å²) in [5.74, 6) is -0.400. The Kier molecular flexibility index (Phi) is 5.63. The van der Waals surface area contributed by atoms with Crippen molar-refractivity contribution in [1.82, 2.24) is 0 Å². The van der Waals surface area contributed by atoms with Crippen molar-refractivity contribution < 1.29 is 44.5 Å². The topological polar surface area (TPSA) is 146 Å². The molecule has 2 aliphatic rings. The lowest BCUT2D eigenvalue weighted by atomic mass is 9.94. The first-order chi connectivity index (χ1) is 14.4. The second-order valence-electron chi connectivity index (χ2n) is 7.29. The highest BCUT2D eigenvalue weighted by Crippen LogP contribution is 2.35. The molecule has 0 amide bonds. The number of carbonyl (C=O) groups excluding carboxylic acids is 1. The summed E-state index contributed by atoms with van der Waals surface area (Å²) < 4.78 is 16.3. The number of hydrogen-bond donors (Lipinski definition) is 5. The van der Waals surface area contributed by atoms with Gasteiger partial charge in [0, 0.05) is 6.42 Å². The molecule has 2 heterocycles. The van der Waals surface area contributed by atoms with Crippen molar-refractivity contribution >= 4 is 5.97 Å². The molecule has 6 atom stereocenters. The third-order valence-electron chi connectivity index (χ3n) is 5.34. The van der Waals surface area contributed by atoms with E-state index in [2.05, 4.69) is 0 Å². The van der Waals surface area contributed by atoms with Gasteiger partial charge in [0.25, 0.3) is 0 Å². The van der Waals surface area contributed by atoms with Gasteiger partial charge in [-0.1, -0.05) is 24.3 Å². The Morgan fingerprint density at radius 2 is 1.73 bits per heavy atom. The lowest BCUT2D eigenvalue weighted by Gasteiger charge is -2.39. The van der Waals surface area contributed by atoms with Crippen molar-refractivity contribution in [2.45, 2.75) is 43.2 Å². The van der Waals surface area contributed by atoms with Gasteiger partial charge in [-0.25, -0.2) is 4.79 Å². The molecule has 4 rings (SSSR count). The molecule has 160 valence electrons. The molecule has 0 radical (unpaired) electrons. The molecule has 9 heteroatoms. The molecule has 0 saturated carbocycles. The van der Waals surface area contributed by atoms with E-state index in [9.17, 15) is 30.3 Å². The number of phenols is 1. The van der Waals surface area contributed by atoms with E-state index in [0.717, 1.165) is 0 Å². The van der Waals surface area contributed by atoms with Crippen LogP contribution in [0.4, 0.5) is 0 Å². The fraction of sp³-hybridized carbons (Fsp3) is 0.381. The smallest absolute Gasteiger partial charge is 0.342 e. The summed E-state index contributed by atoms with van der Waals surface area (Å²) in [5, 5.41) is 48.9. The Morgan fingerprint density at radius 1 is 1.00 bits per heavy atom. The van der Waals surface area contributed by atoms with E-state index < -0.39 is 49.4 Å². The largest absolute Gasteiger partial charge is 0.507 e. The van der Waals surface area contributed by atoms with Crippen molar-refractivity contribution in [3.05, 3.63) is 59.2 Å². The van der Waals surface area contributed by atoms with Gasteiger partial charge in [0.15, 0.2) is 0 Å². The van der Waals surface area contributed by atoms with Crippen LogP contribution in [0.5, 0.6) is 11.5 Å². The maximum absolute atomic E-state index is 12.3. The molecule has 30 heavy (non-hydrogen) atoms. The number of aromatic hydroxyl groups is 1. The third-order valence-corrected chi connectivity index (χ3v) is 5.34. The number of cyclic esters (lactones) is 1. The molecular weight excluding hydrogens is 396 g/mol. The number of aliphatic hydroxyl groups is 4. The van der Waals surface area contributed by atoms with E-state index in [1.54, 1.807) is 36.4 Å². The minimum atomic E-state index is -1.53. The summed E-state index contributed by atoms with van der Waals surface area (Å²) in [6.07, 6.45) is -6.98. The predicted molar refractivity (Wildman–Crippen MR) is 101 cm³/mol. The Bertz CT molecular complexity index is 911. The Morgan fingerprint density at radius 3 is 2.43 bits per heavy atom. The van der Waals surface area contributed by atoms with E-state index in [0.29, 0.717) is 23.3 Å². The van der Waals surface area contributed by atoms with Gasteiger partial charge < -0.3 is 39.7 Å². The maximum atomic E-state index is 12.3. The fourth-order valence-corrected chi connectivity index (χ4v) is 3.67. The Labute approximate surface area is 171 Å². The number of ether oxygens (including phenoxy) is 3. The highest BCUT2D eigenvalue weighted by Gasteiger charge is 2.44. The number of rotatable bonds is 4. The number of fused-ring (bicyclic) bond motifs is 1. The van der Waals surface area contributed by atoms with Gasteiger partial charge in [-0.2, -0.15) is 0 Å². The fourth-order valence-electron chi connectivity index (χ4n) is 3.67. The molecule has 1 saturated heterocycles. The maximum Gasteiger partial charge on any atom is 0.342 e. The minimum absolute atomic E-state index is 0.112. The first-order valence-electron chi connectivity index (χ1n) is 9.48. The highest BCUT2D eigenvalue weighted by molar-refractivity contribution is 5.95. The summed E-state index contributed by atoms with van der Waals surface area (Å²) in [6, 6.07) is 11.4. The minimum Gasteiger partial charge on any atom is -0.507 e. The lowest BCUT2D eigenvalue weighted by molar-refractivity contribution is -0.277. The molecular formula is C21H22O9. The summed E-state index contributed by atoms with van der Waals surface area (Å²) in [5.41, 5.74) is 1.58. The molecule has 9 nitrogen and oxygen atoms in total. The van der Waals surface area contributed by atoms with Gasteiger partial charge in [0.2, 0.25) is 6.29 Å². The van der Waals surface area contributed by atoms with Crippen LogP contribution in [0.3, 0.4) is 0 Å². The number of esters is 1. The number of phenolic OH excluding ortho intramolecular Hbond substituents is 1. The van der Waals surface area contributed by atoms with Crippen LogP contribution in [0.1, 0.15) is 27.6 Å². The van der Waals surface area contributed by atoms with Crippen molar-refractivity contribution in [2.24, 2.45) is 0 Å². The first kappa shape index (κ1) is 20.6. The normalized spacial score (nSPS) is 31.0. The van der Waals surface area contributed by atoms with Gasteiger partial charge >= 0.3 is 5.97 Å². The molecule has 0 aliphatic carbocycles. The first-order valence-corrected chi connectivity index (χ1v) is 9.48. The quantitative estimate of drug-likeness (QED) is 0.434. The zero-order valence-corrected chi connectivity index (χ0v) is 15.8. The Balaban J connectivity index is 1.47. The summed E-state index contributed by atoms with van der Waals surface area (Å²) in [4.78, 5) is 12.3. The lowest BCUT2D eigenvalue weighted by Crippen LogP contribution is -2.60. The molecule has 2 aromatic rings.